The molecule has 0 unspecified atom stereocenters. The maximum Gasteiger partial charge on any atom is 0.164 e. The van der Waals surface area contributed by atoms with Crippen LogP contribution in [0.15, 0.2) is 78.3 Å². The number of nitrogens with zero attached hydrogens (tertiary/aromatic N) is 3. The number of aliphatic hydroxyl groups is 1. The Labute approximate surface area is 298 Å². The van der Waals surface area contributed by atoms with Crippen molar-refractivity contribution in [1.29, 1.82) is 0 Å². The number of ketones is 1. The van der Waals surface area contributed by atoms with Crippen LogP contribution in [-0.2, 0) is 30.3 Å². The molecule has 0 saturated carbocycles. The average molecular weight is 827 g/mol. The molecule has 7 heteroatoms. The number of aliphatic hydroxyl groups excluding tert-OH is 1. The number of hydrogen-bond donors (Lipinski definition) is 1. The van der Waals surface area contributed by atoms with E-state index >= 15 is 0 Å². The fourth-order valence-corrected chi connectivity index (χ4v) is 6.19. The van der Waals surface area contributed by atoms with Crippen molar-refractivity contribution < 1.29 is 30.0 Å². The van der Waals surface area contributed by atoms with Gasteiger partial charge in [0.15, 0.2) is 5.78 Å². The molecule has 1 radical (unpaired) electrons. The zero-order valence-corrected chi connectivity index (χ0v) is 32.4. The Bertz CT molecular complexity index is 1850. The molecule has 251 valence electrons. The minimum Gasteiger partial charge on any atom is -0.512 e. The summed E-state index contributed by atoms with van der Waals surface area (Å²) in [5.74, 6) is 0.286. The van der Waals surface area contributed by atoms with E-state index in [2.05, 4.69) is 83.6 Å². The molecule has 3 aromatic heterocycles. The molecule has 0 fully saturated rings. The van der Waals surface area contributed by atoms with Crippen LogP contribution in [-0.4, -0.2) is 25.8 Å². The van der Waals surface area contributed by atoms with E-state index in [4.69, 9.17) is 0 Å². The third-order valence-electron chi connectivity index (χ3n) is 9.75. The quantitative estimate of drug-likeness (QED) is 0.0910. The van der Waals surface area contributed by atoms with Gasteiger partial charge in [-0.2, -0.15) is 0 Å². The molecule has 0 atom stereocenters. The van der Waals surface area contributed by atoms with Crippen molar-refractivity contribution in [3.63, 3.8) is 0 Å². The van der Waals surface area contributed by atoms with Gasteiger partial charge in [0.1, 0.15) is 12.1 Å². The van der Waals surface area contributed by atoms with Gasteiger partial charge in [-0.1, -0.05) is 91.5 Å². The molecule has 0 aliphatic carbocycles. The van der Waals surface area contributed by atoms with Crippen LogP contribution in [0.4, 0.5) is 0 Å². The van der Waals surface area contributed by atoms with E-state index in [0.717, 1.165) is 59.1 Å². The Morgan fingerprint density at radius 2 is 1.47 bits per heavy atom. The number of hydrogen-bond acceptors (Lipinski definition) is 6. The minimum absolute atomic E-state index is 0. The van der Waals surface area contributed by atoms with Crippen LogP contribution in [0.3, 0.4) is 0 Å². The summed E-state index contributed by atoms with van der Waals surface area (Å²) in [6.45, 7) is 18.8. The Balaban J connectivity index is 0.000000290. The first-order chi connectivity index (χ1) is 21.8. The second-order valence-corrected chi connectivity index (χ2v) is 14.5. The molecule has 0 amide bonds. The minimum atomic E-state index is -0.337. The molecule has 0 bridgehead atoms. The molecule has 5 nitrogen and oxygen atoms in total. The Morgan fingerprint density at radius 3 is 2.11 bits per heavy atom. The van der Waals surface area contributed by atoms with E-state index < -0.39 is 0 Å². The summed E-state index contributed by atoms with van der Waals surface area (Å²) in [5, 5.41) is 15.7. The number of rotatable bonds is 9. The van der Waals surface area contributed by atoms with Crippen molar-refractivity contribution in [2.24, 2.45) is 10.8 Å². The molecule has 3 heterocycles. The first-order valence-electron chi connectivity index (χ1n) is 16.4. The van der Waals surface area contributed by atoms with Gasteiger partial charge >= 0.3 is 0 Å². The Morgan fingerprint density at radius 1 is 0.830 bits per heavy atom. The summed E-state index contributed by atoms with van der Waals surface area (Å²) in [7, 11) is 0. The van der Waals surface area contributed by atoms with Gasteiger partial charge in [0.25, 0.3) is 0 Å². The van der Waals surface area contributed by atoms with Gasteiger partial charge < -0.3 is 5.11 Å². The first kappa shape index (κ1) is 38.2. The van der Waals surface area contributed by atoms with E-state index in [0.29, 0.717) is 0 Å². The van der Waals surface area contributed by atoms with E-state index in [1.54, 1.807) is 17.7 Å². The number of pyridine rings is 1. The van der Waals surface area contributed by atoms with Crippen LogP contribution in [0.2, 0.25) is 0 Å². The molecular weight excluding hydrogens is 779 g/mol. The van der Waals surface area contributed by atoms with Crippen molar-refractivity contribution in [1.82, 2.24) is 15.0 Å². The molecule has 0 aliphatic rings. The molecule has 0 spiro atoms. The monoisotopic (exact) mass is 827 g/mol. The van der Waals surface area contributed by atoms with Gasteiger partial charge in [-0.05, 0) is 54.7 Å². The summed E-state index contributed by atoms with van der Waals surface area (Å²) in [6, 6.07) is 20.4. The van der Waals surface area contributed by atoms with E-state index in [-0.39, 0.29) is 47.9 Å². The SMILES string of the molecule is CC(C)(C)c1cc(-c2cc(-c3nccc4sccc34)ncn2)[c-]c2ccccc12.CCC(C)(CC)C(=O)/C=C(\O)C(C)(CC)CC.[Ir]. The van der Waals surface area contributed by atoms with Gasteiger partial charge in [-0.3, -0.25) is 14.8 Å². The van der Waals surface area contributed by atoms with Crippen LogP contribution >= 0.6 is 11.3 Å². The number of carbonyl (C=O) groups is 1. The van der Waals surface area contributed by atoms with Gasteiger partial charge in [-0.25, -0.2) is 4.98 Å². The summed E-state index contributed by atoms with van der Waals surface area (Å²) < 4.78 is 1.21. The smallest absolute Gasteiger partial charge is 0.164 e. The largest absolute Gasteiger partial charge is 0.512 e. The molecule has 2 aromatic carbocycles. The molecule has 5 rings (SSSR count). The third-order valence-corrected chi connectivity index (χ3v) is 10.6. The standard InChI is InChI=1S/C25H20N3S.C15H28O2.Ir/c1-25(2,3)20-13-17(12-16-6-4-5-7-18(16)20)21-14-22(28-15-27-21)24-19-9-11-29-23(19)8-10-26-24;1-7-14(5,8-2)12(16)11-13(17)15(6,9-3)10-4;/h4-11,13-15H,1-3H3;11,16H,7-10H2,1-6H3;/q-1;;/b;12-11-;. The van der Waals surface area contributed by atoms with Crippen molar-refractivity contribution in [3.8, 4) is 22.6 Å². The van der Waals surface area contributed by atoms with E-state index in [1.807, 2.05) is 59.9 Å². The molecule has 0 saturated heterocycles. The maximum absolute atomic E-state index is 12.2. The number of aromatic nitrogens is 3. The van der Waals surface area contributed by atoms with Gasteiger partial charge in [0.05, 0.1) is 11.4 Å². The molecule has 1 N–H and O–H groups in total. The number of fused-ring (bicyclic) bond motifs is 2. The number of benzene rings is 2. The topological polar surface area (TPSA) is 76.0 Å². The summed E-state index contributed by atoms with van der Waals surface area (Å²) in [6.07, 6.45) is 8.22. The fourth-order valence-electron chi connectivity index (χ4n) is 5.41. The van der Waals surface area contributed by atoms with Crippen molar-refractivity contribution in [3.05, 3.63) is 89.9 Å². The van der Waals surface area contributed by atoms with Gasteiger partial charge in [0.2, 0.25) is 0 Å². The third kappa shape index (κ3) is 8.43. The first-order valence-corrected chi connectivity index (χ1v) is 17.2. The second-order valence-electron chi connectivity index (χ2n) is 13.6. The average Bonchev–Trinajstić information content (AvgIpc) is 3.56. The van der Waals surface area contributed by atoms with Crippen LogP contribution in [0.1, 0.15) is 93.6 Å². The Hall–Kier alpha value is -3.25. The summed E-state index contributed by atoms with van der Waals surface area (Å²) in [4.78, 5) is 25.9. The van der Waals surface area contributed by atoms with Crippen molar-refractivity contribution in [2.45, 2.75) is 93.4 Å². The Kier molecular flexibility index (Phi) is 12.8. The van der Waals surface area contributed by atoms with E-state index in [9.17, 15) is 9.90 Å². The van der Waals surface area contributed by atoms with E-state index in [1.165, 1.54) is 21.7 Å². The van der Waals surface area contributed by atoms with Gasteiger partial charge in [0, 0.05) is 59.0 Å². The summed E-state index contributed by atoms with van der Waals surface area (Å²) in [5.41, 5.74) is 4.27. The molecule has 0 aliphatic heterocycles. The number of carbonyl (C=O) groups excluding carboxylic acids is 1. The zero-order chi connectivity index (χ0) is 33.7. The zero-order valence-electron chi connectivity index (χ0n) is 29.2. The molecular formula is C40H48IrN3O2S-. The van der Waals surface area contributed by atoms with Crippen LogP contribution < -0.4 is 0 Å². The fraction of sp³-hybridized carbons (Fsp3) is 0.400. The molecule has 5 aromatic rings. The molecule has 47 heavy (non-hydrogen) atoms. The van der Waals surface area contributed by atoms with Crippen molar-refractivity contribution >= 4 is 38.0 Å². The van der Waals surface area contributed by atoms with Crippen LogP contribution in [0, 0.1) is 16.9 Å². The van der Waals surface area contributed by atoms with Gasteiger partial charge in [-0.15, -0.1) is 40.5 Å². The second kappa shape index (κ2) is 15.8. The van der Waals surface area contributed by atoms with Crippen LogP contribution in [0.25, 0.3) is 43.5 Å². The normalized spacial score (nSPS) is 12.4. The van der Waals surface area contributed by atoms with Crippen LogP contribution in [0.5, 0.6) is 0 Å². The number of allylic oxidation sites excluding steroid dienone is 2. The summed E-state index contributed by atoms with van der Waals surface area (Å²) >= 11 is 1.71. The number of thiophene rings is 1. The predicted molar refractivity (Wildman–Crippen MR) is 194 cm³/mol. The van der Waals surface area contributed by atoms with Crippen molar-refractivity contribution in [2.75, 3.05) is 0 Å². The predicted octanol–water partition coefficient (Wildman–Crippen LogP) is 11.3. The maximum atomic E-state index is 12.2.